The molecule has 0 amide bonds. The second-order valence-electron chi connectivity index (χ2n) is 6.89. The lowest BCUT2D eigenvalue weighted by Crippen LogP contribution is -2.59. The van der Waals surface area contributed by atoms with Crippen molar-refractivity contribution in [1.82, 2.24) is 4.23 Å². The summed E-state index contributed by atoms with van der Waals surface area (Å²) in [7, 11) is -0.130. The fourth-order valence-corrected chi connectivity index (χ4v) is 13.6. The average molecular weight is 308 g/mol. The maximum Gasteiger partial charge on any atom is 0.320 e. The van der Waals surface area contributed by atoms with Gasteiger partial charge in [-0.1, -0.05) is 45.7 Å². The van der Waals surface area contributed by atoms with Gasteiger partial charge in [0.05, 0.1) is 0 Å². The second kappa shape index (κ2) is 7.96. The molecule has 0 aliphatic carbocycles. The minimum atomic E-state index is -1.33. The van der Waals surface area contributed by atoms with Crippen molar-refractivity contribution in [2.24, 2.45) is 0 Å². The van der Waals surface area contributed by atoms with E-state index in [4.69, 9.17) is 8.85 Å². The van der Waals surface area contributed by atoms with E-state index >= 15 is 0 Å². The first-order chi connectivity index (χ1) is 8.12. The quantitative estimate of drug-likeness (QED) is 0.482. The Morgan fingerprint density at radius 3 is 1.61 bits per heavy atom. The molecule has 0 unspecified atom stereocenters. The predicted molar refractivity (Wildman–Crippen MR) is 88.6 cm³/mol. The Labute approximate surface area is 118 Å². The molecule has 18 heavy (non-hydrogen) atoms. The van der Waals surface area contributed by atoms with Gasteiger partial charge in [0, 0.05) is 14.2 Å². The molecule has 0 bridgehead atoms. The topological polar surface area (TPSA) is 21.7 Å². The number of unbranched alkanes of at least 4 members (excludes halogenated alkanes) is 1. The normalized spacial score (nSPS) is 13.7. The zero-order chi connectivity index (χ0) is 14.4. The van der Waals surface area contributed by atoms with E-state index in [1.54, 1.807) is 14.2 Å². The van der Waals surface area contributed by atoms with Gasteiger partial charge < -0.3 is 13.1 Å². The molecule has 0 radical (unpaired) electrons. The van der Waals surface area contributed by atoms with E-state index in [1.807, 2.05) is 0 Å². The molecule has 0 spiro atoms. The third-order valence-corrected chi connectivity index (χ3v) is 12.9. The molecule has 0 aliphatic rings. The van der Waals surface area contributed by atoms with Gasteiger partial charge >= 0.3 is 9.28 Å². The van der Waals surface area contributed by atoms with Gasteiger partial charge in [-0.2, -0.15) is 0 Å². The summed E-state index contributed by atoms with van der Waals surface area (Å²) in [5, 5.41) is 0. The lowest BCUT2D eigenvalue weighted by Gasteiger charge is -2.43. The van der Waals surface area contributed by atoms with Crippen LogP contribution in [0.2, 0.25) is 45.3 Å². The molecular formula is C12H33NO2Si3. The van der Waals surface area contributed by atoms with Crippen molar-refractivity contribution in [3.05, 3.63) is 0 Å². The Balaban J connectivity index is 4.15. The van der Waals surface area contributed by atoms with E-state index < -0.39 is 25.8 Å². The van der Waals surface area contributed by atoms with Crippen molar-refractivity contribution in [2.45, 2.75) is 58.2 Å². The average Bonchev–Trinajstić information content (AvgIpc) is 2.19. The monoisotopic (exact) mass is 307 g/mol. The Morgan fingerprint density at radius 2 is 1.28 bits per heavy atom. The van der Waals surface area contributed by atoms with Gasteiger partial charge in [-0.3, -0.25) is 0 Å². The first kappa shape index (κ1) is 18.5. The summed E-state index contributed by atoms with van der Waals surface area (Å²) in [6.07, 6.45) is 2.52. The van der Waals surface area contributed by atoms with Crippen molar-refractivity contribution in [3.8, 4) is 0 Å². The maximum atomic E-state index is 5.36. The van der Waals surface area contributed by atoms with Crippen LogP contribution in [0, 0.1) is 0 Å². The van der Waals surface area contributed by atoms with Crippen LogP contribution in [0.5, 0.6) is 0 Å². The van der Waals surface area contributed by atoms with Crippen LogP contribution < -0.4 is 0 Å². The fraction of sp³-hybridized carbons (Fsp3) is 1.00. The summed E-state index contributed by atoms with van der Waals surface area (Å²) in [4.78, 5) is 0. The molecule has 0 aliphatic heterocycles. The molecule has 0 fully saturated rings. The first-order valence-electron chi connectivity index (χ1n) is 6.96. The van der Waals surface area contributed by atoms with Crippen LogP contribution in [-0.4, -0.2) is 50.8 Å². The van der Waals surface area contributed by atoms with Gasteiger partial charge in [-0.05, 0) is 19.0 Å². The van der Waals surface area contributed by atoms with Gasteiger partial charge in [-0.25, -0.2) is 0 Å². The molecule has 0 N–H and O–H groups in total. The smallest absolute Gasteiger partial charge is 0.320 e. The molecule has 0 saturated heterocycles. The zero-order valence-corrected chi connectivity index (χ0v) is 16.8. The molecule has 0 rings (SSSR count). The molecule has 110 valence electrons. The van der Waals surface area contributed by atoms with E-state index in [1.165, 1.54) is 19.4 Å². The lowest BCUT2D eigenvalue weighted by molar-refractivity contribution is 0.276. The molecule has 6 heteroatoms. The van der Waals surface area contributed by atoms with Crippen molar-refractivity contribution >= 4 is 25.8 Å². The fourth-order valence-electron chi connectivity index (χ4n) is 2.59. The van der Waals surface area contributed by atoms with E-state index in [-0.39, 0.29) is 0 Å². The second-order valence-corrected chi connectivity index (χ2v) is 19.5. The van der Waals surface area contributed by atoms with Gasteiger partial charge in [0.2, 0.25) is 0 Å². The minimum absolute atomic E-state index is 1.14. The summed E-state index contributed by atoms with van der Waals surface area (Å²) in [5.41, 5.74) is 0. The summed E-state index contributed by atoms with van der Waals surface area (Å²) in [6.45, 7) is 16.1. The van der Waals surface area contributed by atoms with Gasteiger partial charge in [0.15, 0.2) is 0 Å². The third kappa shape index (κ3) is 7.20. The Bertz CT molecular complexity index is 208. The molecule has 0 aromatic heterocycles. The minimum Gasteiger partial charge on any atom is -0.400 e. The van der Waals surface area contributed by atoms with Crippen LogP contribution in [0.1, 0.15) is 12.8 Å². The highest BCUT2D eigenvalue weighted by atomic mass is 28.4. The lowest BCUT2D eigenvalue weighted by atomic mass is 10.3. The predicted octanol–water partition coefficient (Wildman–Crippen LogP) is 3.25. The third-order valence-electron chi connectivity index (χ3n) is 3.22. The molecule has 0 aromatic rings. The van der Waals surface area contributed by atoms with Crippen molar-refractivity contribution < 1.29 is 8.85 Å². The van der Waals surface area contributed by atoms with Crippen molar-refractivity contribution in [1.29, 1.82) is 0 Å². The van der Waals surface area contributed by atoms with Gasteiger partial charge in [0.1, 0.15) is 16.5 Å². The number of hydrogen-bond donors (Lipinski definition) is 0. The number of rotatable bonds is 9. The standard InChI is InChI=1S/C12H33NO2Si3/c1-14-16(15-2)12-10-9-11-13(17(3,4)5)18(6,7)8/h16H,9-12H2,1-8H3. The highest BCUT2D eigenvalue weighted by Gasteiger charge is 2.33. The first-order valence-corrected chi connectivity index (χ1v) is 15.6. The SMILES string of the molecule is CO[SiH](CCCCN([Si](C)(C)C)[Si](C)(C)C)OC. The summed E-state index contributed by atoms with van der Waals surface area (Å²) >= 11 is 0. The molecule has 0 aromatic carbocycles. The van der Waals surface area contributed by atoms with Crippen LogP contribution in [0.15, 0.2) is 0 Å². The molecule has 3 nitrogen and oxygen atoms in total. The zero-order valence-electron chi connectivity index (χ0n) is 13.7. The molecule has 0 heterocycles. The molecule has 0 saturated carbocycles. The van der Waals surface area contributed by atoms with Crippen LogP contribution in [0.3, 0.4) is 0 Å². The summed E-state index contributed by atoms with van der Waals surface area (Å²) in [5.74, 6) is 0. The highest BCUT2D eigenvalue weighted by molar-refractivity contribution is 6.89. The van der Waals surface area contributed by atoms with E-state index in [9.17, 15) is 0 Å². The van der Waals surface area contributed by atoms with E-state index in [0.29, 0.717) is 0 Å². The maximum absolute atomic E-state index is 5.36. The Morgan fingerprint density at radius 1 is 0.833 bits per heavy atom. The highest BCUT2D eigenvalue weighted by Crippen LogP contribution is 2.20. The molecule has 0 atom stereocenters. The summed E-state index contributed by atoms with van der Waals surface area (Å²) in [6, 6.07) is 1.14. The van der Waals surface area contributed by atoms with Crippen molar-refractivity contribution in [2.75, 3.05) is 20.8 Å². The van der Waals surface area contributed by atoms with E-state index in [2.05, 4.69) is 43.5 Å². The number of hydrogen-bond acceptors (Lipinski definition) is 3. The number of nitrogens with zero attached hydrogens (tertiary/aromatic N) is 1. The van der Waals surface area contributed by atoms with Crippen molar-refractivity contribution in [3.63, 3.8) is 0 Å². The van der Waals surface area contributed by atoms with Crippen LogP contribution in [0.4, 0.5) is 0 Å². The van der Waals surface area contributed by atoms with Crippen LogP contribution in [-0.2, 0) is 8.85 Å². The van der Waals surface area contributed by atoms with Gasteiger partial charge in [0.25, 0.3) is 0 Å². The van der Waals surface area contributed by atoms with Gasteiger partial charge in [-0.15, -0.1) is 0 Å². The summed E-state index contributed by atoms with van der Waals surface area (Å²) < 4.78 is 13.6. The van der Waals surface area contributed by atoms with E-state index in [0.717, 1.165) is 6.04 Å². The van der Waals surface area contributed by atoms with Crippen LogP contribution in [0.25, 0.3) is 0 Å². The largest absolute Gasteiger partial charge is 0.400 e. The Hall–Kier alpha value is 0.531. The Kier molecular flexibility index (Phi) is 8.20. The molecular weight excluding hydrogens is 274 g/mol. The van der Waals surface area contributed by atoms with Crippen LogP contribution >= 0.6 is 0 Å².